The van der Waals surface area contributed by atoms with Gasteiger partial charge in [0.2, 0.25) is 0 Å². The lowest BCUT2D eigenvalue weighted by atomic mass is 9.98. The van der Waals surface area contributed by atoms with Crippen molar-refractivity contribution in [2.45, 2.75) is 31.7 Å². The van der Waals surface area contributed by atoms with Crippen molar-refractivity contribution in [1.29, 1.82) is 0 Å². The Hall–Kier alpha value is -1.85. The molecular formula is C18H24N2O3. The Morgan fingerprint density at radius 2 is 2.30 bits per heavy atom. The van der Waals surface area contributed by atoms with Crippen LogP contribution in [0.15, 0.2) is 24.4 Å². The van der Waals surface area contributed by atoms with E-state index in [4.69, 9.17) is 4.74 Å². The minimum atomic E-state index is 0.120. The first-order valence-corrected chi connectivity index (χ1v) is 8.26. The number of rotatable bonds is 6. The van der Waals surface area contributed by atoms with Crippen molar-refractivity contribution in [3.63, 3.8) is 0 Å². The number of nitrogens with zero attached hydrogens (tertiary/aromatic N) is 1. The van der Waals surface area contributed by atoms with Gasteiger partial charge < -0.3 is 14.8 Å². The van der Waals surface area contributed by atoms with Crippen LogP contribution in [0.4, 0.5) is 0 Å². The molecule has 2 N–H and O–H groups in total. The van der Waals surface area contributed by atoms with Gasteiger partial charge in [0.15, 0.2) is 5.78 Å². The molecule has 1 atom stereocenters. The number of carbonyl (C=O) groups excluding carboxylic acids is 1. The van der Waals surface area contributed by atoms with Crippen molar-refractivity contribution < 1.29 is 14.6 Å². The number of likely N-dealkylation sites (tertiary alicyclic amines) is 1. The summed E-state index contributed by atoms with van der Waals surface area (Å²) >= 11 is 0. The monoisotopic (exact) mass is 316 g/mol. The molecule has 1 aliphatic rings. The number of carbonyl (C=O) groups is 1. The lowest BCUT2D eigenvalue weighted by molar-refractivity contribution is 0.0800. The number of fused-ring (bicyclic) bond motifs is 1. The second kappa shape index (κ2) is 7.15. The normalized spacial score (nSPS) is 19.1. The van der Waals surface area contributed by atoms with Gasteiger partial charge in [-0.25, -0.2) is 0 Å². The molecule has 1 fully saturated rings. The molecule has 1 aromatic heterocycles. The summed E-state index contributed by atoms with van der Waals surface area (Å²) < 4.78 is 5.26. The fourth-order valence-corrected chi connectivity index (χ4v) is 3.47. The molecule has 1 saturated heterocycles. The third kappa shape index (κ3) is 3.41. The summed E-state index contributed by atoms with van der Waals surface area (Å²) in [6, 6.07) is 6.04. The van der Waals surface area contributed by atoms with E-state index < -0.39 is 0 Å². The van der Waals surface area contributed by atoms with E-state index in [1.54, 1.807) is 13.3 Å². The highest BCUT2D eigenvalue weighted by atomic mass is 16.5. The maximum Gasteiger partial charge on any atom is 0.178 e. The van der Waals surface area contributed by atoms with Gasteiger partial charge in [-0.1, -0.05) is 6.42 Å². The topological polar surface area (TPSA) is 65.6 Å². The Bertz CT molecular complexity index is 678. The minimum Gasteiger partial charge on any atom is -0.497 e. The number of piperidine rings is 1. The van der Waals surface area contributed by atoms with Crippen molar-refractivity contribution in [1.82, 2.24) is 9.88 Å². The summed E-state index contributed by atoms with van der Waals surface area (Å²) in [5.74, 6) is 0.872. The molecule has 0 amide bonds. The van der Waals surface area contributed by atoms with Crippen molar-refractivity contribution >= 4 is 16.7 Å². The average Bonchev–Trinajstić information content (AvgIpc) is 3.00. The summed E-state index contributed by atoms with van der Waals surface area (Å²) in [5.41, 5.74) is 1.66. The Kier molecular flexibility index (Phi) is 4.98. The van der Waals surface area contributed by atoms with Gasteiger partial charge >= 0.3 is 0 Å². The van der Waals surface area contributed by atoms with E-state index in [0.29, 0.717) is 18.2 Å². The number of hydrogen-bond acceptors (Lipinski definition) is 4. The van der Waals surface area contributed by atoms with Gasteiger partial charge in [0, 0.05) is 35.3 Å². The van der Waals surface area contributed by atoms with Crippen LogP contribution in [0.5, 0.6) is 5.75 Å². The highest BCUT2D eigenvalue weighted by molar-refractivity contribution is 6.09. The molecule has 23 heavy (non-hydrogen) atoms. The van der Waals surface area contributed by atoms with Gasteiger partial charge in [-0.05, 0) is 44.0 Å². The van der Waals surface area contributed by atoms with Gasteiger partial charge in [0.25, 0.3) is 0 Å². The maximum absolute atomic E-state index is 12.8. The van der Waals surface area contributed by atoms with Crippen molar-refractivity contribution in [3.8, 4) is 5.75 Å². The van der Waals surface area contributed by atoms with E-state index in [1.807, 2.05) is 18.2 Å². The average molecular weight is 316 g/mol. The summed E-state index contributed by atoms with van der Waals surface area (Å²) in [6.07, 6.45) is 5.90. The SMILES string of the molecule is COc1ccc2[nH]cc(C(=O)CN3CCCC[C@@H]3CCO)c2c1. The van der Waals surface area contributed by atoms with E-state index in [0.717, 1.165) is 42.5 Å². The van der Waals surface area contributed by atoms with Crippen molar-refractivity contribution in [2.75, 3.05) is 26.8 Å². The number of ketones is 1. The lowest BCUT2D eigenvalue weighted by Crippen LogP contribution is -2.43. The van der Waals surface area contributed by atoms with E-state index in [9.17, 15) is 9.90 Å². The highest BCUT2D eigenvalue weighted by Gasteiger charge is 2.25. The van der Waals surface area contributed by atoms with Crippen LogP contribution in [0.3, 0.4) is 0 Å². The molecule has 0 saturated carbocycles. The molecule has 2 aromatic rings. The van der Waals surface area contributed by atoms with Crippen molar-refractivity contribution in [2.24, 2.45) is 0 Å². The molecule has 0 radical (unpaired) electrons. The van der Waals surface area contributed by atoms with E-state index in [-0.39, 0.29) is 12.4 Å². The second-order valence-electron chi connectivity index (χ2n) is 6.17. The van der Waals surface area contributed by atoms with Crippen LogP contribution in [0, 0.1) is 0 Å². The fraction of sp³-hybridized carbons (Fsp3) is 0.500. The van der Waals surface area contributed by atoms with Crippen LogP contribution in [0.2, 0.25) is 0 Å². The quantitative estimate of drug-likeness (QED) is 0.804. The number of aliphatic hydroxyl groups excluding tert-OH is 1. The molecule has 0 aliphatic carbocycles. The molecule has 2 heterocycles. The Morgan fingerprint density at radius 1 is 1.43 bits per heavy atom. The zero-order valence-electron chi connectivity index (χ0n) is 13.5. The number of hydrogen-bond donors (Lipinski definition) is 2. The lowest BCUT2D eigenvalue weighted by Gasteiger charge is -2.34. The number of aromatic nitrogens is 1. The van der Waals surface area contributed by atoms with Gasteiger partial charge in [0.05, 0.1) is 13.7 Å². The first-order chi connectivity index (χ1) is 11.2. The Labute approximate surface area is 136 Å². The largest absolute Gasteiger partial charge is 0.497 e. The number of ether oxygens (including phenoxy) is 1. The predicted octanol–water partition coefficient (Wildman–Crippen LogP) is 2.60. The molecule has 3 rings (SSSR count). The molecule has 5 heteroatoms. The number of benzene rings is 1. The Balaban J connectivity index is 1.79. The summed E-state index contributed by atoms with van der Waals surface area (Å²) in [5, 5.41) is 10.1. The Morgan fingerprint density at radius 3 is 3.09 bits per heavy atom. The molecule has 0 spiro atoms. The van der Waals surface area contributed by atoms with E-state index >= 15 is 0 Å². The molecule has 0 unspecified atom stereocenters. The van der Waals surface area contributed by atoms with Crippen LogP contribution >= 0.6 is 0 Å². The minimum absolute atomic E-state index is 0.120. The summed E-state index contributed by atoms with van der Waals surface area (Å²) in [4.78, 5) is 18.2. The number of Topliss-reactive ketones (excluding diaryl/α,β-unsaturated/α-hetero) is 1. The highest BCUT2D eigenvalue weighted by Crippen LogP contribution is 2.25. The number of H-pyrrole nitrogens is 1. The van der Waals surface area contributed by atoms with E-state index in [1.165, 1.54) is 6.42 Å². The van der Waals surface area contributed by atoms with Crippen LogP contribution in [-0.4, -0.2) is 53.6 Å². The van der Waals surface area contributed by atoms with Crippen LogP contribution in [0.1, 0.15) is 36.0 Å². The van der Waals surface area contributed by atoms with Gasteiger partial charge in [0.1, 0.15) is 5.75 Å². The van der Waals surface area contributed by atoms with Crippen LogP contribution < -0.4 is 4.74 Å². The van der Waals surface area contributed by atoms with Crippen LogP contribution in [-0.2, 0) is 0 Å². The molecule has 5 nitrogen and oxygen atoms in total. The number of aliphatic hydroxyl groups is 1. The molecule has 124 valence electrons. The molecular weight excluding hydrogens is 292 g/mol. The number of nitrogens with one attached hydrogen (secondary N) is 1. The smallest absolute Gasteiger partial charge is 0.178 e. The van der Waals surface area contributed by atoms with Gasteiger partial charge in [-0.15, -0.1) is 0 Å². The second-order valence-corrected chi connectivity index (χ2v) is 6.17. The summed E-state index contributed by atoms with van der Waals surface area (Å²) in [7, 11) is 1.63. The van der Waals surface area contributed by atoms with E-state index in [2.05, 4.69) is 9.88 Å². The first-order valence-electron chi connectivity index (χ1n) is 8.26. The molecule has 0 bridgehead atoms. The molecule has 1 aromatic carbocycles. The number of methoxy groups -OCH3 is 1. The third-order valence-corrected chi connectivity index (χ3v) is 4.75. The summed E-state index contributed by atoms with van der Waals surface area (Å²) in [6.45, 7) is 1.52. The van der Waals surface area contributed by atoms with Crippen molar-refractivity contribution in [3.05, 3.63) is 30.0 Å². The standard InChI is InChI=1S/C18H24N2O3/c1-23-14-5-6-17-15(10-14)16(11-19-17)18(22)12-20-8-3-2-4-13(20)7-9-21/h5-6,10-11,13,19,21H,2-4,7-9,12H2,1H3/t13-/m1/s1. The first kappa shape index (κ1) is 16.0. The van der Waals surface area contributed by atoms with Crippen LogP contribution in [0.25, 0.3) is 10.9 Å². The van der Waals surface area contributed by atoms with Gasteiger partial charge in [-0.2, -0.15) is 0 Å². The zero-order valence-corrected chi connectivity index (χ0v) is 13.5. The number of aromatic amines is 1. The third-order valence-electron chi connectivity index (χ3n) is 4.75. The zero-order chi connectivity index (χ0) is 16.2. The van der Waals surface area contributed by atoms with Gasteiger partial charge in [-0.3, -0.25) is 9.69 Å². The fourth-order valence-electron chi connectivity index (χ4n) is 3.47. The predicted molar refractivity (Wildman–Crippen MR) is 90.1 cm³/mol. The maximum atomic E-state index is 12.8. The molecule has 1 aliphatic heterocycles.